The molecule has 2 amide bonds. The number of aromatic nitrogens is 1. The highest BCUT2D eigenvalue weighted by molar-refractivity contribution is 5.94. The summed E-state index contributed by atoms with van der Waals surface area (Å²) < 4.78 is 32.0. The zero-order chi connectivity index (χ0) is 20.3. The maximum Gasteiger partial charge on any atom is 0.273 e. The number of carbonyl (C=O) groups is 2. The fraction of sp³-hybridized carbons (Fsp3) is 0.421. The fourth-order valence-electron chi connectivity index (χ4n) is 3.17. The van der Waals surface area contributed by atoms with Crippen LogP contribution in [0.3, 0.4) is 0 Å². The predicted molar refractivity (Wildman–Crippen MR) is 105 cm³/mol. The summed E-state index contributed by atoms with van der Waals surface area (Å²) in [6.45, 7) is 3.60. The number of hydrogen-bond donors (Lipinski definition) is 2. The number of halogens is 3. The zero-order valence-corrected chi connectivity index (χ0v) is 16.9. The normalized spacial score (nSPS) is 18.6. The van der Waals surface area contributed by atoms with Gasteiger partial charge in [-0.2, -0.15) is 0 Å². The SMILES string of the molecule is CCN(C)C(=O)[C@@H]1CNCC[C@H]1NC(=O)c1cc(-c2ccc(F)cc2F)on1.Cl. The molecule has 2 heterocycles. The van der Waals surface area contributed by atoms with Crippen molar-refractivity contribution in [2.24, 2.45) is 5.92 Å². The number of amides is 2. The minimum atomic E-state index is -0.810. The first kappa shape index (κ1) is 22.8. The molecule has 2 aromatic rings. The third-order valence-electron chi connectivity index (χ3n) is 4.91. The van der Waals surface area contributed by atoms with Crippen molar-refractivity contribution in [3.63, 3.8) is 0 Å². The Kier molecular flexibility index (Phi) is 7.69. The van der Waals surface area contributed by atoms with E-state index >= 15 is 0 Å². The summed E-state index contributed by atoms with van der Waals surface area (Å²) >= 11 is 0. The molecule has 10 heteroatoms. The largest absolute Gasteiger partial charge is 0.355 e. The Balaban J connectivity index is 0.00000300. The molecule has 0 bridgehead atoms. The maximum absolute atomic E-state index is 13.9. The van der Waals surface area contributed by atoms with Crippen molar-refractivity contribution in [3.8, 4) is 11.3 Å². The Morgan fingerprint density at radius 2 is 2.10 bits per heavy atom. The van der Waals surface area contributed by atoms with E-state index in [1.807, 2.05) is 6.92 Å². The average Bonchev–Trinajstić information content (AvgIpc) is 3.17. The van der Waals surface area contributed by atoms with Gasteiger partial charge in [-0.15, -0.1) is 12.4 Å². The van der Waals surface area contributed by atoms with Crippen LogP contribution in [0.15, 0.2) is 28.8 Å². The Labute approximate surface area is 173 Å². The molecule has 1 aliphatic rings. The van der Waals surface area contributed by atoms with Crippen LogP contribution in [0, 0.1) is 17.6 Å². The van der Waals surface area contributed by atoms with Gasteiger partial charge in [0.15, 0.2) is 11.5 Å². The van der Waals surface area contributed by atoms with Gasteiger partial charge < -0.3 is 20.1 Å². The van der Waals surface area contributed by atoms with Crippen molar-refractivity contribution in [1.82, 2.24) is 20.7 Å². The van der Waals surface area contributed by atoms with Crippen molar-refractivity contribution in [2.75, 3.05) is 26.7 Å². The molecule has 1 saturated heterocycles. The molecule has 0 spiro atoms. The second-order valence-corrected chi connectivity index (χ2v) is 6.73. The molecule has 2 atom stereocenters. The maximum atomic E-state index is 13.9. The number of benzene rings is 1. The molecule has 158 valence electrons. The Hall–Kier alpha value is -2.52. The summed E-state index contributed by atoms with van der Waals surface area (Å²) in [5.74, 6) is -2.45. The third kappa shape index (κ3) is 5.10. The Morgan fingerprint density at radius 1 is 1.34 bits per heavy atom. The molecule has 0 saturated carbocycles. The van der Waals surface area contributed by atoms with Crippen LogP contribution >= 0.6 is 12.4 Å². The van der Waals surface area contributed by atoms with Crippen molar-refractivity contribution in [3.05, 3.63) is 41.6 Å². The van der Waals surface area contributed by atoms with Crippen LogP contribution in [0.4, 0.5) is 8.78 Å². The molecule has 1 aliphatic heterocycles. The van der Waals surface area contributed by atoms with Crippen molar-refractivity contribution in [1.29, 1.82) is 0 Å². The van der Waals surface area contributed by atoms with Crippen LogP contribution in [-0.4, -0.2) is 54.6 Å². The van der Waals surface area contributed by atoms with Crippen molar-refractivity contribution < 1.29 is 22.9 Å². The molecule has 1 fully saturated rings. The summed E-state index contributed by atoms with van der Waals surface area (Å²) in [5, 5.41) is 9.68. The van der Waals surface area contributed by atoms with Gasteiger partial charge in [-0.3, -0.25) is 9.59 Å². The minimum absolute atomic E-state index is 0. The van der Waals surface area contributed by atoms with E-state index in [0.717, 1.165) is 12.1 Å². The van der Waals surface area contributed by atoms with Crippen LogP contribution in [0.5, 0.6) is 0 Å². The lowest BCUT2D eigenvalue weighted by molar-refractivity contribution is -0.135. The van der Waals surface area contributed by atoms with Gasteiger partial charge in [0.25, 0.3) is 5.91 Å². The van der Waals surface area contributed by atoms with E-state index in [1.165, 1.54) is 12.1 Å². The number of nitrogens with zero attached hydrogens (tertiary/aromatic N) is 2. The smallest absolute Gasteiger partial charge is 0.273 e. The number of carbonyl (C=O) groups excluding carboxylic acids is 2. The van der Waals surface area contributed by atoms with Crippen molar-refractivity contribution >= 4 is 24.2 Å². The summed E-state index contributed by atoms with van der Waals surface area (Å²) in [6.07, 6.45) is 0.594. The first-order valence-corrected chi connectivity index (χ1v) is 9.09. The summed E-state index contributed by atoms with van der Waals surface area (Å²) in [6, 6.07) is 3.98. The monoisotopic (exact) mass is 428 g/mol. The van der Waals surface area contributed by atoms with E-state index < -0.39 is 17.5 Å². The summed E-state index contributed by atoms with van der Waals surface area (Å²) in [4.78, 5) is 26.7. The molecule has 7 nitrogen and oxygen atoms in total. The van der Waals surface area contributed by atoms with Crippen LogP contribution in [-0.2, 0) is 4.79 Å². The molecule has 3 rings (SSSR count). The van der Waals surface area contributed by atoms with Crippen LogP contribution in [0.2, 0.25) is 0 Å². The number of piperidine rings is 1. The van der Waals surface area contributed by atoms with Gasteiger partial charge in [-0.1, -0.05) is 5.16 Å². The van der Waals surface area contributed by atoms with Gasteiger partial charge in [-0.25, -0.2) is 8.78 Å². The van der Waals surface area contributed by atoms with Gasteiger partial charge in [0.05, 0.1) is 11.5 Å². The van der Waals surface area contributed by atoms with Gasteiger partial charge in [0.2, 0.25) is 5.91 Å². The van der Waals surface area contributed by atoms with Crippen LogP contribution in [0.25, 0.3) is 11.3 Å². The number of nitrogens with one attached hydrogen (secondary N) is 2. The van der Waals surface area contributed by atoms with E-state index in [4.69, 9.17) is 4.52 Å². The topological polar surface area (TPSA) is 87.5 Å². The summed E-state index contributed by atoms with van der Waals surface area (Å²) in [7, 11) is 1.72. The number of rotatable bonds is 5. The number of hydrogen-bond acceptors (Lipinski definition) is 5. The Morgan fingerprint density at radius 3 is 2.79 bits per heavy atom. The van der Waals surface area contributed by atoms with Gasteiger partial charge in [-0.05, 0) is 32.0 Å². The van der Waals surface area contributed by atoms with Gasteiger partial charge in [0, 0.05) is 38.3 Å². The minimum Gasteiger partial charge on any atom is -0.355 e. The molecule has 0 radical (unpaired) electrons. The van der Waals surface area contributed by atoms with E-state index in [2.05, 4.69) is 15.8 Å². The molecule has 2 N–H and O–H groups in total. The zero-order valence-electron chi connectivity index (χ0n) is 16.1. The van der Waals surface area contributed by atoms with E-state index in [9.17, 15) is 18.4 Å². The molecular weight excluding hydrogens is 406 g/mol. The third-order valence-corrected chi connectivity index (χ3v) is 4.91. The van der Waals surface area contributed by atoms with Crippen molar-refractivity contribution in [2.45, 2.75) is 19.4 Å². The highest BCUT2D eigenvalue weighted by Crippen LogP contribution is 2.24. The predicted octanol–water partition coefficient (Wildman–Crippen LogP) is 2.23. The second kappa shape index (κ2) is 9.80. The van der Waals surface area contributed by atoms with Gasteiger partial charge >= 0.3 is 0 Å². The highest BCUT2D eigenvalue weighted by Gasteiger charge is 2.34. The standard InChI is InChI=1S/C19H22F2N4O3.ClH/c1-3-25(2)19(27)13-10-22-7-6-15(13)23-18(26)16-9-17(28-24-16)12-5-4-11(20)8-14(12)21;/h4-5,8-9,13,15,22H,3,6-7,10H2,1-2H3,(H,23,26);1H/t13-,15-;/m1./s1. The Bertz CT molecular complexity index is 877. The lowest BCUT2D eigenvalue weighted by atomic mass is 9.91. The molecule has 29 heavy (non-hydrogen) atoms. The lowest BCUT2D eigenvalue weighted by Gasteiger charge is -2.33. The fourth-order valence-corrected chi connectivity index (χ4v) is 3.17. The van der Waals surface area contributed by atoms with Crippen LogP contribution in [0.1, 0.15) is 23.8 Å². The first-order chi connectivity index (χ1) is 13.4. The molecule has 0 aliphatic carbocycles. The van der Waals surface area contributed by atoms with Gasteiger partial charge in [0.1, 0.15) is 11.6 Å². The average molecular weight is 429 g/mol. The molecule has 1 aromatic heterocycles. The summed E-state index contributed by atoms with van der Waals surface area (Å²) in [5.41, 5.74) is -0.0280. The van der Waals surface area contributed by atoms with Crippen LogP contribution < -0.4 is 10.6 Å². The molecule has 0 unspecified atom stereocenters. The first-order valence-electron chi connectivity index (χ1n) is 9.09. The molecular formula is C19H23ClF2N4O3. The lowest BCUT2D eigenvalue weighted by Crippen LogP contribution is -2.55. The highest BCUT2D eigenvalue weighted by atomic mass is 35.5. The quantitative estimate of drug-likeness (QED) is 0.762. The van der Waals surface area contributed by atoms with E-state index in [-0.39, 0.29) is 47.3 Å². The van der Waals surface area contributed by atoms with E-state index in [1.54, 1.807) is 11.9 Å². The molecule has 1 aromatic carbocycles. The second-order valence-electron chi connectivity index (χ2n) is 6.73. The van der Waals surface area contributed by atoms with E-state index in [0.29, 0.717) is 26.1 Å².